The zero-order chi connectivity index (χ0) is 26.5. The maximum Gasteiger partial charge on any atom is 0.338 e. The molecule has 2 rings (SSSR count). The molecule has 0 saturated heterocycles. The highest BCUT2D eigenvalue weighted by Crippen LogP contribution is 2.37. The largest absolute Gasteiger partial charge is 0.478 e. The van der Waals surface area contributed by atoms with Gasteiger partial charge in [0.2, 0.25) is 11.3 Å². The summed E-state index contributed by atoms with van der Waals surface area (Å²) in [4.78, 5) is 11.4. The number of benzene rings is 2. The zero-order valence-electron chi connectivity index (χ0n) is 18.2. The van der Waals surface area contributed by atoms with Crippen LogP contribution in [0.15, 0.2) is 24.3 Å². The molecule has 194 valence electrons. The molecule has 0 bridgehead atoms. The van der Waals surface area contributed by atoms with E-state index in [-0.39, 0.29) is 22.6 Å². The summed E-state index contributed by atoms with van der Waals surface area (Å²) < 4.78 is 107. The predicted octanol–water partition coefficient (Wildman–Crippen LogP) is 3.75. The fraction of sp³-hybridized carbons (Fsp3) is 0.350. The molecule has 4 N–H and O–H groups in total. The molecule has 0 saturated carbocycles. The van der Waals surface area contributed by atoms with Gasteiger partial charge in [0, 0.05) is 24.2 Å². The molecule has 35 heavy (non-hydrogen) atoms. The Morgan fingerprint density at radius 3 is 2.49 bits per heavy atom. The van der Waals surface area contributed by atoms with Crippen LogP contribution in [0, 0.1) is 18.6 Å². The molecule has 0 fully saturated rings. The number of sulfone groups is 1. The van der Waals surface area contributed by atoms with Crippen LogP contribution < -0.4 is 14.8 Å². The van der Waals surface area contributed by atoms with Crippen molar-refractivity contribution in [3.05, 3.63) is 47.0 Å². The van der Waals surface area contributed by atoms with Crippen molar-refractivity contribution in [1.82, 2.24) is 0 Å². The number of alkyl halides is 2. The van der Waals surface area contributed by atoms with Crippen LogP contribution in [0.5, 0.6) is 11.5 Å². The number of nitrogens with two attached hydrogens (primary N) is 1. The van der Waals surface area contributed by atoms with Crippen LogP contribution in [-0.4, -0.2) is 52.7 Å². The average Bonchev–Trinajstić information content (AvgIpc) is 2.77. The number of rotatable bonds is 12. The molecule has 0 heterocycles. The molecule has 0 spiro atoms. The van der Waals surface area contributed by atoms with E-state index in [0.717, 1.165) is 12.1 Å². The lowest BCUT2D eigenvalue weighted by atomic mass is 10.1. The van der Waals surface area contributed by atoms with E-state index in [2.05, 4.69) is 0 Å². The lowest BCUT2D eigenvalue weighted by molar-refractivity contribution is 0.0697. The number of nitrogens with zero attached hydrogens (tertiary/aromatic N) is 1. The third kappa shape index (κ3) is 6.61. The van der Waals surface area contributed by atoms with E-state index >= 15 is 4.39 Å². The van der Waals surface area contributed by atoms with Gasteiger partial charge in [0.1, 0.15) is 5.75 Å². The first-order valence-electron chi connectivity index (χ1n) is 9.90. The number of hydrogen-bond acceptors (Lipinski definition) is 6. The van der Waals surface area contributed by atoms with Crippen molar-refractivity contribution in [3.63, 3.8) is 0 Å². The smallest absolute Gasteiger partial charge is 0.338 e. The first kappa shape index (κ1) is 28.3. The average molecular weight is 543 g/mol. The van der Waals surface area contributed by atoms with Gasteiger partial charge >= 0.3 is 5.97 Å². The topological polar surface area (TPSA) is 147 Å². The summed E-state index contributed by atoms with van der Waals surface area (Å²) in [5.41, 5.74) is 1.83. The van der Waals surface area contributed by atoms with Gasteiger partial charge in [-0.2, -0.15) is 0 Å². The van der Waals surface area contributed by atoms with Crippen molar-refractivity contribution < 1.29 is 49.4 Å². The number of halogens is 4. The molecule has 0 aromatic heterocycles. The van der Waals surface area contributed by atoms with Crippen LogP contribution in [0.1, 0.15) is 28.8 Å². The highest BCUT2D eigenvalue weighted by atomic mass is 32.2. The minimum Gasteiger partial charge on any atom is -0.478 e. The van der Waals surface area contributed by atoms with E-state index in [1.165, 1.54) is 13.0 Å². The predicted molar refractivity (Wildman–Crippen MR) is 121 cm³/mol. The molecule has 2 unspecified atom stereocenters. The highest BCUT2D eigenvalue weighted by Gasteiger charge is 2.29. The summed E-state index contributed by atoms with van der Waals surface area (Å²) in [6.07, 6.45) is -1.30. The van der Waals surface area contributed by atoms with Gasteiger partial charge in [-0.3, -0.25) is 13.2 Å². The Labute approximate surface area is 200 Å². The molecule has 2 atom stereocenters. The number of nitrogen functional groups attached to an aromatic ring is 1. The Bertz CT molecular complexity index is 1230. The van der Waals surface area contributed by atoms with Gasteiger partial charge in [0.25, 0.3) is 11.3 Å². The molecular formula is C20H22F4N2O7S2. The van der Waals surface area contributed by atoms with Crippen molar-refractivity contribution in [1.29, 1.82) is 0 Å². The lowest BCUT2D eigenvalue weighted by Crippen LogP contribution is -2.31. The summed E-state index contributed by atoms with van der Waals surface area (Å²) >= 11 is -2.99. The maximum absolute atomic E-state index is 15.2. The van der Waals surface area contributed by atoms with Gasteiger partial charge in [0.05, 0.1) is 23.7 Å². The van der Waals surface area contributed by atoms with E-state index in [1.54, 1.807) is 0 Å². The molecular weight excluding hydrogens is 520 g/mol. The third-order valence-electron chi connectivity index (χ3n) is 4.87. The lowest BCUT2D eigenvalue weighted by Gasteiger charge is -2.23. The van der Waals surface area contributed by atoms with Crippen LogP contribution in [0.2, 0.25) is 0 Å². The highest BCUT2D eigenvalue weighted by molar-refractivity contribution is 7.91. The minimum absolute atomic E-state index is 0.0527. The van der Waals surface area contributed by atoms with E-state index in [1.807, 2.05) is 0 Å². The van der Waals surface area contributed by atoms with Gasteiger partial charge < -0.3 is 15.6 Å². The molecule has 15 heteroatoms. The number of carboxylic acids is 1. The maximum atomic E-state index is 15.2. The normalized spacial score (nSPS) is 13.3. The van der Waals surface area contributed by atoms with Crippen LogP contribution in [-0.2, 0) is 21.1 Å². The Kier molecular flexibility index (Phi) is 9.45. The summed E-state index contributed by atoms with van der Waals surface area (Å²) in [5.74, 6) is -6.27. The standard InChI is InChI=1S/C20H22F4N2O7S2/c1-11-15(6-4-13(25)17(11)20(27)28)33-19-12(22)3-5-14(18(19)24)26(34(29)30)9-7-16(23)35(31,32)10-2-8-21/h3-6,16H,2,7-10,25H2,1H3,(H,27,28)(H,29,30). The monoisotopic (exact) mass is 542 g/mol. The van der Waals surface area contributed by atoms with E-state index < -0.39 is 87.5 Å². The van der Waals surface area contributed by atoms with Crippen LogP contribution >= 0.6 is 0 Å². The first-order chi connectivity index (χ1) is 16.3. The van der Waals surface area contributed by atoms with Crippen molar-refractivity contribution >= 4 is 38.4 Å². The number of aromatic carboxylic acids is 1. The summed E-state index contributed by atoms with van der Waals surface area (Å²) in [6, 6.07) is 3.75. The molecule has 0 amide bonds. The molecule has 0 aliphatic heterocycles. The third-order valence-corrected chi connectivity index (χ3v) is 7.50. The summed E-state index contributed by atoms with van der Waals surface area (Å²) in [5, 5.41) is 9.29. The number of hydrogen-bond donors (Lipinski definition) is 3. The Morgan fingerprint density at radius 1 is 1.26 bits per heavy atom. The molecule has 9 nitrogen and oxygen atoms in total. The van der Waals surface area contributed by atoms with Gasteiger partial charge in [-0.05, 0) is 37.6 Å². The van der Waals surface area contributed by atoms with Gasteiger partial charge in [-0.25, -0.2) is 30.6 Å². The van der Waals surface area contributed by atoms with Crippen LogP contribution in [0.4, 0.5) is 28.9 Å². The fourth-order valence-electron chi connectivity index (χ4n) is 3.09. The molecule has 0 aliphatic rings. The molecule has 0 radical (unpaired) electrons. The second-order valence-electron chi connectivity index (χ2n) is 7.21. The van der Waals surface area contributed by atoms with E-state index in [9.17, 15) is 40.3 Å². The quantitative estimate of drug-likeness (QED) is 0.209. The van der Waals surface area contributed by atoms with E-state index in [0.29, 0.717) is 10.4 Å². The van der Waals surface area contributed by atoms with Crippen molar-refractivity contribution in [2.45, 2.75) is 25.3 Å². The zero-order valence-corrected chi connectivity index (χ0v) is 19.8. The van der Waals surface area contributed by atoms with Crippen molar-refractivity contribution in [3.8, 4) is 11.5 Å². The summed E-state index contributed by atoms with van der Waals surface area (Å²) in [6.45, 7) is -0.483. The van der Waals surface area contributed by atoms with Crippen LogP contribution in [0.25, 0.3) is 0 Å². The summed E-state index contributed by atoms with van der Waals surface area (Å²) in [7, 11) is -4.36. The fourth-order valence-corrected chi connectivity index (χ4v) is 4.89. The first-order valence-corrected chi connectivity index (χ1v) is 12.7. The second kappa shape index (κ2) is 11.7. The Hall–Kier alpha value is -2.91. The molecule has 0 aliphatic carbocycles. The number of carboxylic acid groups (broad SMARTS) is 1. The SMILES string of the molecule is Cc1c(Oc2c(F)ccc(N(CCC(F)S(=O)(=O)CCCF)S(=O)O)c2F)ccc(N)c1C(=O)O. The van der Waals surface area contributed by atoms with Crippen molar-refractivity contribution in [2.75, 3.05) is 29.0 Å². The molecule has 2 aromatic rings. The second-order valence-corrected chi connectivity index (χ2v) is 10.4. The molecule has 2 aromatic carbocycles. The Morgan fingerprint density at radius 2 is 1.91 bits per heavy atom. The van der Waals surface area contributed by atoms with Crippen LogP contribution in [0.3, 0.4) is 0 Å². The van der Waals surface area contributed by atoms with E-state index in [4.69, 9.17) is 10.5 Å². The van der Waals surface area contributed by atoms with Crippen molar-refractivity contribution in [2.24, 2.45) is 0 Å². The number of ether oxygens (including phenoxy) is 1. The minimum atomic E-state index is -4.36. The van der Waals surface area contributed by atoms with Gasteiger partial charge in [-0.15, -0.1) is 0 Å². The van der Waals surface area contributed by atoms with Gasteiger partial charge in [-0.1, -0.05) is 0 Å². The Balaban J connectivity index is 2.39. The number of carbonyl (C=O) groups is 1. The number of anilines is 2. The van der Waals surface area contributed by atoms with Gasteiger partial charge in [0.15, 0.2) is 21.5 Å².